The summed E-state index contributed by atoms with van der Waals surface area (Å²) in [6, 6.07) is 13.5. The molecule has 4 aromatic rings. The second kappa shape index (κ2) is 8.46. The van der Waals surface area contributed by atoms with Gasteiger partial charge in [0.25, 0.3) is 0 Å². The minimum atomic E-state index is -0.969. The lowest BCUT2D eigenvalue weighted by atomic mass is 10.0. The molecular weight excluding hydrogens is 401 g/mol. The molecule has 0 saturated heterocycles. The number of rotatable bonds is 7. The molecule has 1 amide bonds. The Morgan fingerprint density at radius 3 is 2.48 bits per heavy atom. The normalized spacial score (nSPS) is 11.5. The van der Waals surface area contributed by atoms with Gasteiger partial charge in [-0.05, 0) is 42.7 Å². The van der Waals surface area contributed by atoms with E-state index in [0.29, 0.717) is 39.5 Å². The van der Waals surface area contributed by atoms with Gasteiger partial charge in [0.2, 0.25) is 5.91 Å². The van der Waals surface area contributed by atoms with E-state index in [1.807, 2.05) is 12.1 Å². The van der Waals surface area contributed by atoms with Gasteiger partial charge in [-0.2, -0.15) is 0 Å². The molecule has 3 aromatic carbocycles. The second-order valence-electron chi connectivity index (χ2n) is 7.72. The van der Waals surface area contributed by atoms with Crippen LogP contribution in [0, 0.1) is 23.5 Å². The van der Waals surface area contributed by atoms with Crippen LogP contribution in [-0.4, -0.2) is 10.5 Å². The third-order valence-electron chi connectivity index (χ3n) is 5.61. The van der Waals surface area contributed by atoms with Crippen molar-refractivity contribution >= 4 is 27.7 Å². The Hall–Kier alpha value is -3.28. The van der Waals surface area contributed by atoms with Gasteiger partial charge in [-0.3, -0.25) is 4.79 Å². The van der Waals surface area contributed by atoms with E-state index in [1.165, 1.54) is 0 Å². The molecule has 0 unspecified atom stereocenters. The molecule has 4 rings (SSSR count). The molecule has 0 fully saturated rings. The van der Waals surface area contributed by atoms with Gasteiger partial charge in [0, 0.05) is 34.0 Å². The number of unbranched alkanes of at least 4 members (excludes halogenated alkanes) is 2. The smallest absolute Gasteiger partial charge is 0.249 e. The highest BCUT2D eigenvalue weighted by Gasteiger charge is 2.20. The van der Waals surface area contributed by atoms with Crippen molar-refractivity contribution in [2.75, 3.05) is 0 Å². The molecule has 0 aliphatic carbocycles. The highest BCUT2D eigenvalue weighted by atomic mass is 19.1. The van der Waals surface area contributed by atoms with Crippen LogP contribution in [0.25, 0.3) is 21.8 Å². The maximum atomic E-state index is 14.4. The summed E-state index contributed by atoms with van der Waals surface area (Å²) >= 11 is 0. The first-order chi connectivity index (χ1) is 14.9. The summed E-state index contributed by atoms with van der Waals surface area (Å²) in [7, 11) is 0. The number of aromatic nitrogens is 1. The highest BCUT2D eigenvalue weighted by Crippen LogP contribution is 2.33. The maximum Gasteiger partial charge on any atom is 0.249 e. The average molecular weight is 423 g/mol. The number of benzene rings is 3. The fourth-order valence-corrected chi connectivity index (χ4v) is 4.08. The Bertz CT molecular complexity index is 1270. The molecule has 1 heterocycles. The quantitative estimate of drug-likeness (QED) is 0.370. The number of carbonyl (C=O) groups is 1. The van der Waals surface area contributed by atoms with Crippen molar-refractivity contribution in [1.29, 1.82) is 0 Å². The van der Waals surface area contributed by atoms with Gasteiger partial charge < -0.3 is 10.3 Å². The Balaban J connectivity index is 1.95. The van der Waals surface area contributed by atoms with Gasteiger partial charge in [0.15, 0.2) is 0 Å². The Kier molecular flexibility index (Phi) is 5.72. The van der Waals surface area contributed by atoms with Crippen LogP contribution in [0.3, 0.4) is 0 Å². The number of nitrogens with zero attached hydrogens (tertiary/aromatic N) is 1. The lowest BCUT2D eigenvalue weighted by molar-refractivity contribution is 0.100. The Morgan fingerprint density at radius 2 is 1.81 bits per heavy atom. The van der Waals surface area contributed by atoms with Crippen molar-refractivity contribution in [2.45, 2.75) is 39.2 Å². The second-order valence-corrected chi connectivity index (χ2v) is 7.72. The van der Waals surface area contributed by atoms with Gasteiger partial charge in [-0.1, -0.05) is 31.9 Å². The zero-order chi connectivity index (χ0) is 22.1. The molecule has 0 spiro atoms. The monoisotopic (exact) mass is 423 g/mol. The summed E-state index contributed by atoms with van der Waals surface area (Å²) in [6.07, 6.45) is 4.06. The van der Waals surface area contributed by atoms with Gasteiger partial charge >= 0.3 is 0 Å². The Labute approximate surface area is 178 Å². The van der Waals surface area contributed by atoms with Crippen LogP contribution in [0.1, 0.15) is 47.7 Å². The zero-order valence-electron chi connectivity index (χ0n) is 17.1. The SMILES string of the molecule is CCCCCc1c[c]c2c3c(C(N)=O)cccc3n(Cc3c(F)cc(F)cc3F)c2c1. The molecule has 1 radical (unpaired) electrons. The fraction of sp³-hybridized carbons (Fsp3) is 0.240. The van der Waals surface area contributed by atoms with Crippen LogP contribution in [0.4, 0.5) is 13.2 Å². The summed E-state index contributed by atoms with van der Waals surface area (Å²) in [5.41, 5.74) is 8.00. The largest absolute Gasteiger partial charge is 0.366 e. The number of carbonyl (C=O) groups excluding carboxylic acids is 1. The fourth-order valence-electron chi connectivity index (χ4n) is 4.08. The standard InChI is InChI=1S/C25H22F3N2O/c1-2-3-4-6-15-9-10-17-23(11-15)30(14-19-20(27)12-16(26)13-21(19)28)22-8-5-7-18(24(17)22)25(29)31/h5,7-9,11-13H,2-4,6,14H2,1H3,(H2,29,31). The van der Waals surface area contributed by atoms with Gasteiger partial charge in [-0.25, -0.2) is 13.2 Å². The van der Waals surface area contributed by atoms with E-state index in [9.17, 15) is 18.0 Å². The van der Waals surface area contributed by atoms with Crippen LogP contribution in [-0.2, 0) is 13.0 Å². The zero-order valence-corrected chi connectivity index (χ0v) is 17.1. The van der Waals surface area contributed by atoms with Gasteiger partial charge in [0.1, 0.15) is 17.5 Å². The van der Waals surface area contributed by atoms with Crippen LogP contribution in [0.2, 0.25) is 0 Å². The first kappa shape index (κ1) is 21.0. The molecule has 0 bridgehead atoms. The predicted octanol–water partition coefficient (Wildman–Crippen LogP) is 5.89. The van der Waals surface area contributed by atoms with E-state index < -0.39 is 23.4 Å². The van der Waals surface area contributed by atoms with Gasteiger partial charge in [0.05, 0.1) is 17.6 Å². The summed E-state index contributed by atoms with van der Waals surface area (Å²) in [5.74, 6) is -3.48. The number of halogens is 3. The van der Waals surface area contributed by atoms with Crippen molar-refractivity contribution in [1.82, 2.24) is 4.57 Å². The highest BCUT2D eigenvalue weighted by molar-refractivity contribution is 6.17. The summed E-state index contributed by atoms with van der Waals surface area (Å²) in [6.45, 7) is 1.97. The number of amides is 1. The van der Waals surface area contributed by atoms with Crippen molar-refractivity contribution in [3.05, 3.63) is 82.7 Å². The molecule has 0 aliphatic heterocycles. The first-order valence-electron chi connectivity index (χ1n) is 10.3. The number of hydrogen-bond acceptors (Lipinski definition) is 1. The molecule has 0 saturated carbocycles. The van der Waals surface area contributed by atoms with E-state index in [2.05, 4.69) is 13.0 Å². The van der Waals surface area contributed by atoms with Crippen molar-refractivity contribution in [3.63, 3.8) is 0 Å². The number of fused-ring (bicyclic) bond motifs is 3. The maximum absolute atomic E-state index is 14.4. The predicted molar refractivity (Wildman–Crippen MR) is 115 cm³/mol. The number of hydrogen-bond donors (Lipinski definition) is 1. The number of nitrogens with two attached hydrogens (primary N) is 1. The summed E-state index contributed by atoms with van der Waals surface area (Å²) in [5, 5.41) is 1.25. The third-order valence-corrected chi connectivity index (χ3v) is 5.61. The summed E-state index contributed by atoms with van der Waals surface area (Å²) in [4.78, 5) is 12.1. The minimum absolute atomic E-state index is 0.160. The summed E-state index contributed by atoms with van der Waals surface area (Å²) < 4.78 is 44.0. The van der Waals surface area contributed by atoms with Crippen molar-refractivity contribution in [3.8, 4) is 0 Å². The van der Waals surface area contributed by atoms with Crippen LogP contribution < -0.4 is 5.73 Å². The van der Waals surface area contributed by atoms with Crippen LogP contribution >= 0.6 is 0 Å². The molecule has 0 atom stereocenters. The van der Waals surface area contributed by atoms with E-state index in [0.717, 1.165) is 31.2 Å². The molecular formula is C25H22F3N2O. The number of primary amides is 1. The van der Waals surface area contributed by atoms with E-state index in [4.69, 9.17) is 5.73 Å². The minimum Gasteiger partial charge on any atom is -0.366 e. The lowest BCUT2D eigenvalue weighted by Crippen LogP contribution is -2.11. The molecule has 0 aliphatic rings. The van der Waals surface area contributed by atoms with Crippen LogP contribution in [0.5, 0.6) is 0 Å². The Morgan fingerprint density at radius 1 is 1.06 bits per heavy atom. The molecule has 159 valence electrons. The molecule has 3 nitrogen and oxygen atoms in total. The lowest BCUT2D eigenvalue weighted by Gasteiger charge is -2.11. The van der Waals surface area contributed by atoms with Crippen molar-refractivity contribution in [2.24, 2.45) is 5.73 Å². The number of aryl methyl sites for hydroxylation is 1. The first-order valence-corrected chi connectivity index (χ1v) is 10.3. The average Bonchev–Trinajstić information content (AvgIpc) is 3.03. The van der Waals surface area contributed by atoms with Crippen LogP contribution in [0.15, 0.2) is 42.5 Å². The molecule has 1 aromatic heterocycles. The third kappa shape index (κ3) is 3.90. The van der Waals surface area contributed by atoms with Crippen molar-refractivity contribution < 1.29 is 18.0 Å². The molecule has 6 heteroatoms. The van der Waals surface area contributed by atoms with Gasteiger partial charge in [-0.15, -0.1) is 0 Å². The van der Waals surface area contributed by atoms with E-state index in [1.54, 1.807) is 22.8 Å². The molecule has 2 N–H and O–H groups in total. The van der Waals surface area contributed by atoms with E-state index >= 15 is 0 Å². The topological polar surface area (TPSA) is 48.0 Å². The van der Waals surface area contributed by atoms with E-state index in [-0.39, 0.29) is 12.1 Å². The molecule has 31 heavy (non-hydrogen) atoms.